The quantitative estimate of drug-likeness (QED) is 0.411. The number of allylic oxidation sites excluding steroid dienone is 2. The Labute approximate surface area is 131 Å². The molecule has 0 saturated carbocycles. The lowest BCUT2D eigenvalue weighted by Crippen LogP contribution is -1.97. The fraction of sp³-hybridized carbons (Fsp3) is 0.143. The van der Waals surface area contributed by atoms with Crippen LogP contribution in [0.15, 0.2) is 106 Å². The van der Waals surface area contributed by atoms with Gasteiger partial charge in [0.05, 0.1) is 0 Å². The highest BCUT2D eigenvalue weighted by molar-refractivity contribution is 5.14. The minimum atomic E-state index is 0.0656. The second-order valence-corrected chi connectivity index (χ2v) is 3.80. The predicted molar refractivity (Wildman–Crippen MR) is 86.6 cm³/mol. The van der Waals surface area contributed by atoms with Crippen LogP contribution >= 0.6 is 0 Å². The van der Waals surface area contributed by atoms with E-state index in [-0.39, 0.29) is 5.92 Å². The lowest BCUT2D eigenvalue weighted by molar-refractivity contribution is 0.281. The number of hydrogen-bond acceptors (Lipinski definition) is 1. The Morgan fingerprint density at radius 2 is 1.36 bits per heavy atom. The average molecular weight is 282 g/mol. The first-order chi connectivity index (χ1) is 10.7. The highest BCUT2D eigenvalue weighted by atomic mass is 16.5. The Bertz CT molecular complexity index is 894. The standard InChI is InChI=1S/C21H14O/c1-6-9-12-15-17-20(16-13-10-7-2)22-21(19(4)5)18-14-11-8-3/h17,19H,1-3H2,4-5H3. The van der Waals surface area contributed by atoms with Crippen LogP contribution < -0.4 is 0 Å². The van der Waals surface area contributed by atoms with Gasteiger partial charge in [-0.2, -0.15) is 0 Å². The van der Waals surface area contributed by atoms with Gasteiger partial charge < -0.3 is 4.74 Å². The van der Waals surface area contributed by atoms with Gasteiger partial charge in [-0.25, -0.2) is 0 Å². The number of hydrogen-bond donors (Lipinski definition) is 0. The van der Waals surface area contributed by atoms with Crippen LogP contribution in [0.4, 0.5) is 0 Å². The summed E-state index contributed by atoms with van der Waals surface area (Å²) < 4.78 is 5.67. The summed E-state index contributed by atoms with van der Waals surface area (Å²) in [5.74, 6) is 0.911. The van der Waals surface area contributed by atoms with Crippen molar-refractivity contribution in [3.63, 3.8) is 0 Å². The lowest BCUT2D eigenvalue weighted by Gasteiger charge is -2.08. The fourth-order valence-corrected chi connectivity index (χ4v) is 0.953. The van der Waals surface area contributed by atoms with Crippen molar-refractivity contribution >= 4 is 0 Å². The van der Waals surface area contributed by atoms with Gasteiger partial charge in [0.15, 0.2) is 11.5 Å². The predicted octanol–water partition coefficient (Wildman–Crippen LogP) is 4.73. The van der Waals surface area contributed by atoms with Gasteiger partial charge in [-0.15, -0.1) is 0 Å². The summed E-state index contributed by atoms with van der Waals surface area (Å²) in [6.45, 7) is 14.0. The summed E-state index contributed by atoms with van der Waals surface area (Å²) in [6.07, 6.45) is 1.50. The van der Waals surface area contributed by atoms with Crippen molar-refractivity contribution in [3.8, 4) is 0 Å². The first kappa shape index (κ1) is 18.4. The molecule has 0 amide bonds. The second kappa shape index (κ2) is 12.4. The molecule has 0 aliphatic carbocycles. The molecule has 0 heterocycles. The minimum absolute atomic E-state index is 0.0656. The van der Waals surface area contributed by atoms with Gasteiger partial charge in [0.25, 0.3) is 0 Å². The van der Waals surface area contributed by atoms with E-state index in [2.05, 4.69) is 88.5 Å². The third-order valence-electron chi connectivity index (χ3n) is 1.84. The fourth-order valence-electron chi connectivity index (χ4n) is 0.953. The van der Waals surface area contributed by atoms with Crippen LogP contribution in [-0.4, -0.2) is 0 Å². The molecule has 104 valence electrons. The van der Waals surface area contributed by atoms with E-state index >= 15 is 0 Å². The molecule has 0 atom stereocenters. The van der Waals surface area contributed by atoms with Crippen molar-refractivity contribution in [1.29, 1.82) is 0 Å². The molecule has 0 radical (unpaired) electrons. The molecular weight excluding hydrogens is 268 g/mol. The molecule has 0 aromatic carbocycles. The van der Waals surface area contributed by atoms with Crippen molar-refractivity contribution in [2.75, 3.05) is 0 Å². The van der Waals surface area contributed by atoms with Crippen molar-refractivity contribution in [2.45, 2.75) is 13.8 Å². The highest BCUT2D eigenvalue weighted by Crippen LogP contribution is 2.14. The smallest absolute Gasteiger partial charge is 0.187 e. The summed E-state index contributed by atoms with van der Waals surface area (Å²) in [5.41, 5.74) is 31.0. The summed E-state index contributed by atoms with van der Waals surface area (Å²) in [4.78, 5) is 0. The van der Waals surface area contributed by atoms with Gasteiger partial charge in [-0.05, 0) is 65.6 Å². The molecule has 0 aliphatic heterocycles. The van der Waals surface area contributed by atoms with Gasteiger partial charge in [0.1, 0.15) is 0 Å². The lowest BCUT2D eigenvalue weighted by atomic mass is 10.2. The first-order valence-electron chi connectivity index (χ1n) is 6.24. The van der Waals surface area contributed by atoms with E-state index < -0.39 is 0 Å². The van der Waals surface area contributed by atoms with Crippen LogP contribution in [0.5, 0.6) is 0 Å². The van der Waals surface area contributed by atoms with Crippen LogP contribution in [0.25, 0.3) is 0 Å². The molecule has 0 fully saturated rings. The molecule has 0 aromatic rings. The maximum atomic E-state index is 5.67. The highest BCUT2D eigenvalue weighted by Gasteiger charge is 2.05. The maximum absolute atomic E-state index is 5.67. The summed E-state index contributed by atoms with van der Waals surface area (Å²) in [7, 11) is 0. The third-order valence-corrected chi connectivity index (χ3v) is 1.84. The van der Waals surface area contributed by atoms with E-state index in [4.69, 9.17) is 4.74 Å². The Kier molecular flexibility index (Phi) is 10.4. The SMILES string of the molecule is C=C=C=C=C=CC(=C=C=C=C=C)OC(=C=C=C=C=C)C(C)C. The summed E-state index contributed by atoms with van der Waals surface area (Å²) >= 11 is 0. The van der Waals surface area contributed by atoms with Crippen LogP contribution in [0.2, 0.25) is 0 Å². The topological polar surface area (TPSA) is 9.23 Å². The van der Waals surface area contributed by atoms with Gasteiger partial charge in [-0.3, -0.25) is 0 Å². The van der Waals surface area contributed by atoms with Gasteiger partial charge in [0, 0.05) is 12.0 Å². The minimum Gasteiger partial charge on any atom is -0.443 e. The molecule has 0 aromatic heterocycles. The molecule has 1 nitrogen and oxygen atoms in total. The van der Waals surface area contributed by atoms with E-state index in [9.17, 15) is 0 Å². The Hall–Kier alpha value is -3.62. The van der Waals surface area contributed by atoms with Gasteiger partial charge in [0.2, 0.25) is 0 Å². The zero-order valence-corrected chi connectivity index (χ0v) is 12.7. The van der Waals surface area contributed by atoms with Gasteiger partial charge >= 0.3 is 0 Å². The molecular formula is C21H14O. The largest absolute Gasteiger partial charge is 0.443 e. The number of rotatable bonds is 4. The first-order valence-corrected chi connectivity index (χ1v) is 6.24. The molecule has 0 rings (SSSR count). The normalized spacial score (nSPS) is 6.32. The van der Waals surface area contributed by atoms with Crippen molar-refractivity contribution < 1.29 is 4.74 Å². The molecule has 22 heavy (non-hydrogen) atoms. The number of ether oxygens (including phenoxy) is 1. The van der Waals surface area contributed by atoms with E-state index in [0.717, 1.165) is 0 Å². The molecule has 0 N–H and O–H groups in total. The van der Waals surface area contributed by atoms with Crippen molar-refractivity contribution in [2.24, 2.45) is 5.92 Å². The van der Waals surface area contributed by atoms with E-state index in [1.807, 2.05) is 13.8 Å². The maximum Gasteiger partial charge on any atom is 0.187 e. The van der Waals surface area contributed by atoms with Crippen LogP contribution in [0.3, 0.4) is 0 Å². The van der Waals surface area contributed by atoms with E-state index in [1.165, 1.54) is 6.08 Å². The monoisotopic (exact) mass is 282 g/mol. The third kappa shape index (κ3) is 9.33. The van der Waals surface area contributed by atoms with Gasteiger partial charge in [-0.1, -0.05) is 36.8 Å². The van der Waals surface area contributed by atoms with Crippen LogP contribution in [0, 0.1) is 5.92 Å². The van der Waals surface area contributed by atoms with E-state index in [1.54, 1.807) is 0 Å². The van der Waals surface area contributed by atoms with E-state index in [0.29, 0.717) is 11.5 Å². The Morgan fingerprint density at radius 1 is 0.818 bits per heavy atom. The zero-order chi connectivity index (χ0) is 16.6. The molecule has 0 aliphatic rings. The molecule has 0 bridgehead atoms. The average Bonchev–Trinajstić information content (AvgIpc) is 2.50. The zero-order valence-electron chi connectivity index (χ0n) is 12.7. The molecule has 1 heteroatoms. The Morgan fingerprint density at radius 3 is 1.91 bits per heavy atom. The molecule has 0 unspecified atom stereocenters. The Balaban J connectivity index is 6.22. The van der Waals surface area contributed by atoms with Crippen molar-refractivity contribution in [3.05, 3.63) is 106 Å². The van der Waals surface area contributed by atoms with Crippen LogP contribution in [-0.2, 0) is 4.74 Å². The van der Waals surface area contributed by atoms with Crippen LogP contribution in [0.1, 0.15) is 13.8 Å². The molecule has 0 saturated heterocycles. The molecule has 0 spiro atoms. The summed E-state index contributed by atoms with van der Waals surface area (Å²) in [5, 5.41) is 0. The summed E-state index contributed by atoms with van der Waals surface area (Å²) in [6, 6.07) is 0. The second-order valence-electron chi connectivity index (χ2n) is 3.80. The van der Waals surface area contributed by atoms with Crippen molar-refractivity contribution in [1.82, 2.24) is 0 Å².